The van der Waals surface area contributed by atoms with Crippen molar-refractivity contribution in [1.82, 2.24) is 25.6 Å². The van der Waals surface area contributed by atoms with E-state index >= 15 is 0 Å². The molecule has 1 aromatic heterocycles. The molecule has 0 spiro atoms. The molecule has 0 amide bonds. The highest BCUT2D eigenvalue weighted by Crippen LogP contribution is 2.62. The van der Waals surface area contributed by atoms with E-state index in [4.69, 9.17) is 21.5 Å². The fourth-order valence-corrected chi connectivity index (χ4v) is 10.3. The van der Waals surface area contributed by atoms with Crippen LogP contribution in [0.5, 0.6) is 0 Å². The van der Waals surface area contributed by atoms with E-state index < -0.39 is 10.8 Å². The molecule has 10 heteroatoms. The zero-order valence-corrected chi connectivity index (χ0v) is 40.7. The van der Waals surface area contributed by atoms with E-state index in [0.29, 0.717) is 37.5 Å². The molecule has 0 radical (unpaired) electrons. The molecule has 0 fully saturated rings. The molecule has 5 rings (SSSR count). The Bertz CT molecular complexity index is 2310. The summed E-state index contributed by atoms with van der Waals surface area (Å²) in [6, 6.07) is 30.5. The number of aryl methyl sites for hydroxylation is 1. The summed E-state index contributed by atoms with van der Waals surface area (Å²) in [5.41, 5.74) is 12.9. The Morgan fingerprint density at radius 1 is 0.859 bits per heavy atom. The standard InChI is InChI=1S/C54H76N10/c1-39(2)33-54(10,36-50(4,5)52(8,37-55)29-31-60-34-41-23-25-42(26-24-41)49(57)58)51(6,7)53(9,38-56)28-17-12-18-32-64-48-44-20-14-13-19-43(44)35-63(40(3)27-30-59-11)46-22-16-15-21-45(46)47(48)61-62-64/h13-16,19-26,39,59-60H,3,12,17-18,27-36H2,1-2,4-11H3,(H3,57,58). The molecule has 1 aliphatic rings. The predicted molar refractivity (Wildman–Crippen MR) is 264 cm³/mol. The van der Waals surface area contributed by atoms with E-state index in [2.05, 4.69) is 150 Å². The van der Waals surface area contributed by atoms with Crippen LogP contribution in [0.2, 0.25) is 0 Å². The van der Waals surface area contributed by atoms with Crippen molar-refractivity contribution in [1.29, 1.82) is 15.9 Å². The molecule has 3 atom stereocenters. The zero-order valence-electron chi connectivity index (χ0n) is 40.7. The molecule has 3 unspecified atom stereocenters. The number of nitrogens with one attached hydrogen (secondary N) is 3. The highest BCUT2D eigenvalue weighted by molar-refractivity contribution is 5.94. The topological polar surface area (TPSA) is 155 Å². The second-order valence-electron chi connectivity index (χ2n) is 20.8. The molecular weight excluding hydrogens is 789 g/mol. The van der Waals surface area contributed by atoms with Gasteiger partial charge in [0, 0.05) is 48.6 Å². The molecule has 3 aromatic carbocycles. The van der Waals surface area contributed by atoms with Crippen LogP contribution < -0.4 is 21.3 Å². The van der Waals surface area contributed by atoms with Gasteiger partial charge in [0.2, 0.25) is 0 Å². The van der Waals surface area contributed by atoms with Crippen molar-refractivity contribution in [2.45, 2.75) is 133 Å². The average Bonchev–Trinajstić information content (AvgIpc) is 3.67. The van der Waals surface area contributed by atoms with E-state index in [1.165, 1.54) is 5.56 Å². The van der Waals surface area contributed by atoms with Crippen molar-refractivity contribution in [2.24, 2.45) is 38.7 Å². The number of fused-ring (bicyclic) bond motifs is 5. The van der Waals surface area contributed by atoms with Crippen molar-refractivity contribution in [3.05, 3.63) is 102 Å². The first kappa shape index (κ1) is 49.7. The van der Waals surface area contributed by atoms with E-state index in [-0.39, 0.29) is 22.1 Å². The van der Waals surface area contributed by atoms with Gasteiger partial charge in [-0.1, -0.05) is 140 Å². The average molecular weight is 865 g/mol. The number of nitrogen functional groups attached to an aromatic ring is 1. The second-order valence-corrected chi connectivity index (χ2v) is 20.8. The third kappa shape index (κ3) is 10.6. The van der Waals surface area contributed by atoms with Gasteiger partial charge in [-0.05, 0) is 105 Å². The molecule has 10 nitrogen and oxygen atoms in total. The van der Waals surface area contributed by atoms with E-state index in [1.807, 2.05) is 31.3 Å². The van der Waals surface area contributed by atoms with Crippen molar-refractivity contribution in [2.75, 3.05) is 25.0 Å². The van der Waals surface area contributed by atoms with Gasteiger partial charge in [-0.15, -0.1) is 5.10 Å². The van der Waals surface area contributed by atoms with E-state index in [0.717, 1.165) is 97.5 Å². The number of para-hydroxylation sites is 1. The number of nitrogens with two attached hydrogens (primary N) is 1. The first-order chi connectivity index (χ1) is 30.3. The third-order valence-corrected chi connectivity index (χ3v) is 15.3. The lowest BCUT2D eigenvalue weighted by Gasteiger charge is -2.57. The minimum absolute atomic E-state index is 0.0626. The quantitative estimate of drug-likeness (QED) is 0.0326. The molecule has 342 valence electrons. The number of hydrogen-bond donors (Lipinski definition) is 4. The lowest BCUT2D eigenvalue weighted by Crippen LogP contribution is -2.51. The summed E-state index contributed by atoms with van der Waals surface area (Å²) < 4.78 is 2.10. The normalized spacial score (nSPS) is 15.5. The number of rotatable bonds is 23. The molecule has 64 heavy (non-hydrogen) atoms. The van der Waals surface area contributed by atoms with Crippen molar-refractivity contribution in [3.63, 3.8) is 0 Å². The summed E-state index contributed by atoms with van der Waals surface area (Å²) in [4.78, 5) is 2.33. The Hall–Kier alpha value is -5.29. The Balaban J connectivity index is 1.29. The van der Waals surface area contributed by atoms with Crippen LogP contribution >= 0.6 is 0 Å². The number of nitrogens with zero attached hydrogens (tertiary/aromatic N) is 6. The Kier molecular flexibility index (Phi) is 16.1. The maximum absolute atomic E-state index is 11.1. The van der Waals surface area contributed by atoms with Gasteiger partial charge in [0.15, 0.2) is 0 Å². The summed E-state index contributed by atoms with van der Waals surface area (Å²) in [5, 5.41) is 46.0. The van der Waals surface area contributed by atoms with Crippen LogP contribution in [0.4, 0.5) is 5.69 Å². The van der Waals surface area contributed by atoms with Gasteiger partial charge in [-0.2, -0.15) is 10.5 Å². The van der Waals surface area contributed by atoms with Crippen molar-refractivity contribution >= 4 is 11.5 Å². The van der Waals surface area contributed by atoms with Gasteiger partial charge in [0.05, 0.1) is 34.3 Å². The number of amidine groups is 1. The van der Waals surface area contributed by atoms with Gasteiger partial charge in [0.25, 0.3) is 0 Å². The highest BCUT2D eigenvalue weighted by Gasteiger charge is 2.56. The molecule has 0 aliphatic carbocycles. The number of aromatic nitrogens is 3. The van der Waals surface area contributed by atoms with Gasteiger partial charge in [-0.25, -0.2) is 4.68 Å². The summed E-state index contributed by atoms with van der Waals surface area (Å²) in [6.45, 7) is 28.6. The van der Waals surface area contributed by atoms with Gasteiger partial charge < -0.3 is 21.3 Å². The van der Waals surface area contributed by atoms with Gasteiger partial charge >= 0.3 is 0 Å². The highest BCUT2D eigenvalue weighted by atomic mass is 15.4. The second kappa shape index (κ2) is 20.7. The first-order valence-electron chi connectivity index (χ1n) is 23.4. The molecule has 0 bridgehead atoms. The number of nitriles is 2. The van der Waals surface area contributed by atoms with Crippen LogP contribution in [0.3, 0.4) is 0 Å². The van der Waals surface area contributed by atoms with Crippen LogP contribution in [0.15, 0.2) is 85.1 Å². The van der Waals surface area contributed by atoms with E-state index in [1.54, 1.807) is 0 Å². The lowest BCUT2D eigenvalue weighted by molar-refractivity contribution is -0.0737. The number of hydrogen-bond acceptors (Lipinski definition) is 8. The smallest absolute Gasteiger partial charge is 0.123 e. The van der Waals surface area contributed by atoms with Crippen molar-refractivity contribution < 1.29 is 0 Å². The maximum atomic E-state index is 11.1. The fourth-order valence-electron chi connectivity index (χ4n) is 10.3. The first-order valence-corrected chi connectivity index (χ1v) is 23.4. The zero-order chi connectivity index (χ0) is 46.9. The molecule has 5 N–H and O–H groups in total. The fraction of sp³-hybridized carbons (Fsp3) is 0.537. The third-order valence-electron chi connectivity index (χ3n) is 15.3. The molecule has 2 heterocycles. The minimum atomic E-state index is -0.600. The summed E-state index contributed by atoms with van der Waals surface area (Å²) in [6.07, 6.45) is 6.92. The Morgan fingerprint density at radius 2 is 1.52 bits per heavy atom. The molecule has 4 aromatic rings. The SMILES string of the molecule is C=C(CCNC)N1Cc2ccccc2-c2c(nnn2CCCCCC(C)(C#N)C(C)(C)C(C)(CC(C)C)CC(C)(C)C(C)(C#N)CCNCc2ccc(C(=N)N)cc2)-c2ccccc21. The molecule has 0 saturated heterocycles. The van der Waals surface area contributed by atoms with E-state index in [9.17, 15) is 10.5 Å². The summed E-state index contributed by atoms with van der Waals surface area (Å²) in [5.74, 6) is 0.486. The Morgan fingerprint density at radius 3 is 2.16 bits per heavy atom. The summed E-state index contributed by atoms with van der Waals surface area (Å²) in [7, 11) is 1.97. The predicted octanol–water partition coefficient (Wildman–Crippen LogP) is 11.6. The van der Waals surface area contributed by atoms with Crippen LogP contribution in [-0.2, 0) is 19.6 Å². The van der Waals surface area contributed by atoms with Gasteiger partial charge in [-0.3, -0.25) is 5.41 Å². The molecular formula is C54H76N10. The maximum Gasteiger partial charge on any atom is 0.123 e. The van der Waals surface area contributed by atoms with Crippen molar-refractivity contribution in [3.8, 4) is 34.7 Å². The van der Waals surface area contributed by atoms with Crippen LogP contribution in [0.25, 0.3) is 22.5 Å². The lowest BCUT2D eigenvalue weighted by atomic mass is 9.46. The molecule has 1 aliphatic heterocycles. The van der Waals surface area contributed by atoms with Crippen LogP contribution in [0, 0.1) is 61.1 Å². The number of anilines is 1. The summed E-state index contributed by atoms with van der Waals surface area (Å²) >= 11 is 0. The largest absolute Gasteiger partial charge is 0.384 e. The monoisotopic (exact) mass is 865 g/mol. The van der Waals surface area contributed by atoms with Gasteiger partial charge in [0.1, 0.15) is 11.5 Å². The number of unbranched alkanes of at least 4 members (excludes halogenated alkanes) is 2. The minimum Gasteiger partial charge on any atom is -0.384 e. The van der Waals surface area contributed by atoms with Crippen LogP contribution in [-0.4, -0.2) is 41.0 Å². The van der Waals surface area contributed by atoms with Crippen LogP contribution in [0.1, 0.15) is 130 Å². The molecule has 0 saturated carbocycles. The Labute approximate surface area is 385 Å². The number of benzene rings is 3.